The Morgan fingerprint density at radius 1 is 1.06 bits per heavy atom. The number of nitrogens with zero attached hydrogens (tertiary/aromatic N) is 3. The number of hydrogen-bond acceptors (Lipinski definition) is 2. The second-order valence-corrected chi connectivity index (χ2v) is 8.97. The lowest BCUT2D eigenvalue weighted by Crippen LogP contribution is -2.30. The van der Waals surface area contributed by atoms with E-state index in [9.17, 15) is 4.39 Å². The average Bonchev–Trinajstić information content (AvgIpc) is 3.47. The predicted octanol–water partition coefficient (Wildman–Crippen LogP) is 5.93. The van der Waals surface area contributed by atoms with Gasteiger partial charge >= 0.3 is 0 Å². The number of thiocarbonyl (C=S) groups is 1. The number of aromatic nitrogens is 2. The van der Waals surface area contributed by atoms with Crippen LogP contribution < -0.4 is 10.2 Å². The van der Waals surface area contributed by atoms with Crippen molar-refractivity contribution in [2.24, 2.45) is 0 Å². The van der Waals surface area contributed by atoms with Crippen molar-refractivity contribution < 1.29 is 4.39 Å². The molecule has 3 heterocycles. The SMILES string of the molecule is Cc1cc([C@@H]2[C@H](c3ccccn3)NC(=S)N2c2ccccc2F)c(C)n1C1CCCC1. The van der Waals surface area contributed by atoms with Crippen molar-refractivity contribution in [2.45, 2.75) is 57.7 Å². The van der Waals surface area contributed by atoms with Gasteiger partial charge in [0.05, 0.1) is 23.5 Å². The molecular weight excluding hydrogens is 407 g/mol. The summed E-state index contributed by atoms with van der Waals surface area (Å²) >= 11 is 5.74. The Bertz CT molecular complexity index is 1100. The molecule has 0 radical (unpaired) electrons. The van der Waals surface area contributed by atoms with Gasteiger partial charge in [0.1, 0.15) is 5.82 Å². The fourth-order valence-corrected chi connectivity index (χ4v) is 5.74. The molecule has 1 N–H and O–H groups in total. The van der Waals surface area contributed by atoms with E-state index in [2.05, 4.69) is 34.8 Å². The highest BCUT2D eigenvalue weighted by molar-refractivity contribution is 7.80. The number of aryl methyl sites for hydroxylation is 1. The summed E-state index contributed by atoms with van der Waals surface area (Å²) in [5.74, 6) is -0.275. The second-order valence-electron chi connectivity index (χ2n) is 8.58. The van der Waals surface area contributed by atoms with E-state index in [0.29, 0.717) is 16.8 Å². The minimum Gasteiger partial charge on any atom is -0.351 e. The maximum atomic E-state index is 14.9. The Kier molecular flexibility index (Phi) is 5.26. The van der Waals surface area contributed by atoms with E-state index < -0.39 is 0 Å². The highest BCUT2D eigenvalue weighted by Crippen LogP contribution is 2.45. The zero-order valence-corrected chi connectivity index (χ0v) is 18.7. The summed E-state index contributed by atoms with van der Waals surface area (Å²) in [6.45, 7) is 4.37. The average molecular weight is 435 g/mol. The van der Waals surface area contributed by atoms with Crippen molar-refractivity contribution in [3.63, 3.8) is 0 Å². The zero-order chi connectivity index (χ0) is 21.5. The molecule has 3 aromatic rings. The monoisotopic (exact) mass is 434 g/mol. The molecule has 2 aromatic heterocycles. The number of rotatable bonds is 4. The fourth-order valence-electron chi connectivity index (χ4n) is 5.40. The lowest BCUT2D eigenvalue weighted by atomic mass is 9.96. The molecule has 2 aliphatic rings. The van der Waals surface area contributed by atoms with Crippen LogP contribution in [0.15, 0.2) is 54.7 Å². The van der Waals surface area contributed by atoms with Crippen LogP contribution >= 0.6 is 12.2 Å². The van der Waals surface area contributed by atoms with E-state index >= 15 is 0 Å². The lowest BCUT2D eigenvalue weighted by molar-refractivity contribution is 0.494. The number of nitrogens with one attached hydrogen (secondary N) is 1. The van der Waals surface area contributed by atoms with E-state index in [4.69, 9.17) is 12.2 Å². The van der Waals surface area contributed by atoms with Crippen molar-refractivity contribution in [2.75, 3.05) is 4.90 Å². The third-order valence-corrected chi connectivity index (χ3v) is 7.06. The fraction of sp³-hybridized carbons (Fsp3) is 0.360. The number of benzene rings is 1. The van der Waals surface area contributed by atoms with Gasteiger partial charge in [-0.15, -0.1) is 0 Å². The van der Waals surface area contributed by atoms with Gasteiger partial charge in [-0.25, -0.2) is 4.39 Å². The van der Waals surface area contributed by atoms with Crippen molar-refractivity contribution >= 4 is 23.0 Å². The molecule has 0 amide bonds. The van der Waals surface area contributed by atoms with Crippen molar-refractivity contribution in [3.05, 3.63) is 83.2 Å². The van der Waals surface area contributed by atoms with E-state index in [1.165, 1.54) is 48.7 Å². The largest absolute Gasteiger partial charge is 0.351 e. The van der Waals surface area contributed by atoms with Crippen LogP contribution in [0.25, 0.3) is 0 Å². The van der Waals surface area contributed by atoms with Crippen LogP contribution in [0.2, 0.25) is 0 Å². The third kappa shape index (κ3) is 3.43. The maximum absolute atomic E-state index is 14.9. The second kappa shape index (κ2) is 8.08. The van der Waals surface area contributed by atoms with Gasteiger partial charge in [0.25, 0.3) is 0 Å². The minimum absolute atomic E-state index is 0.161. The van der Waals surface area contributed by atoms with E-state index in [1.807, 2.05) is 29.2 Å². The first-order chi connectivity index (χ1) is 15.1. The van der Waals surface area contributed by atoms with Crippen LogP contribution in [0.3, 0.4) is 0 Å². The zero-order valence-electron chi connectivity index (χ0n) is 17.9. The first-order valence-electron chi connectivity index (χ1n) is 11.0. The normalized spacial score (nSPS) is 21.6. The van der Waals surface area contributed by atoms with Crippen molar-refractivity contribution in [3.8, 4) is 0 Å². The van der Waals surface area contributed by atoms with Crippen LogP contribution in [0.1, 0.15) is 66.5 Å². The molecule has 1 saturated carbocycles. The molecule has 31 heavy (non-hydrogen) atoms. The van der Waals surface area contributed by atoms with Crippen LogP contribution in [0, 0.1) is 19.7 Å². The summed E-state index contributed by atoms with van der Waals surface area (Å²) in [4.78, 5) is 6.54. The summed E-state index contributed by atoms with van der Waals surface area (Å²) in [7, 11) is 0. The smallest absolute Gasteiger partial charge is 0.174 e. The molecule has 0 unspecified atom stereocenters. The molecule has 4 nitrogen and oxygen atoms in total. The van der Waals surface area contributed by atoms with Crippen LogP contribution in [-0.2, 0) is 0 Å². The van der Waals surface area contributed by atoms with E-state index in [1.54, 1.807) is 18.3 Å². The standard InChI is InChI=1S/C25H27FN4S/c1-16-15-19(17(2)29(16)18-9-3-4-10-18)24-23(21-12-7-8-14-27-21)28-25(31)30(24)22-13-6-5-11-20(22)26/h5-8,11-15,18,23-24H,3-4,9-10H2,1-2H3,(H,28,31)/t23-,24+/m0/s1. The molecule has 2 fully saturated rings. The Hall–Kier alpha value is -2.73. The molecule has 0 bridgehead atoms. The summed E-state index contributed by atoms with van der Waals surface area (Å²) in [5.41, 5.74) is 5.07. The first-order valence-corrected chi connectivity index (χ1v) is 11.4. The van der Waals surface area contributed by atoms with Gasteiger partial charge in [-0.05, 0) is 74.8 Å². The lowest BCUT2D eigenvalue weighted by Gasteiger charge is -2.28. The molecule has 1 saturated heterocycles. The van der Waals surface area contributed by atoms with Crippen LogP contribution in [0.4, 0.5) is 10.1 Å². The number of para-hydroxylation sites is 1. The van der Waals surface area contributed by atoms with Gasteiger partial charge in [-0.3, -0.25) is 4.98 Å². The maximum Gasteiger partial charge on any atom is 0.174 e. The predicted molar refractivity (Wildman–Crippen MR) is 126 cm³/mol. The van der Waals surface area contributed by atoms with Gasteiger partial charge in [-0.1, -0.05) is 31.0 Å². The van der Waals surface area contributed by atoms with Crippen LogP contribution in [0.5, 0.6) is 0 Å². The van der Waals surface area contributed by atoms with Gasteiger partial charge in [0, 0.05) is 23.6 Å². The van der Waals surface area contributed by atoms with Gasteiger partial charge in [0.15, 0.2) is 5.11 Å². The third-order valence-electron chi connectivity index (χ3n) is 6.74. The summed E-state index contributed by atoms with van der Waals surface area (Å²) < 4.78 is 17.4. The molecule has 1 aromatic carbocycles. The van der Waals surface area contributed by atoms with Gasteiger partial charge in [0.2, 0.25) is 0 Å². The van der Waals surface area contributed by atoms with Gasteiger partial charge < -0.3 is 14.8 Å². The van der Waals surface area contributed by atoms with Crippen LogP contribution in [-0.4, -0.2) is 14.7 Å². The summed E-state index contributed by atoms with van der Waals surface area (Å²) in [6.07, 6.45) is 6.80. The first kappa shape index (κ1) is 20.2. The molecule has 0 spiro atoms. The quantitative estimate of drug-likeness (QED) is 0.516. The molecule has 2 atom stereocenters. The molecule has 1 aliphatic carbocycles. The topological polar surface area (TPSA) is 33.1 Å². The molecular formula is C25H27FN4S. The molecule has 6 heteroatoms. The highest BCUT2D eigenvalue weighted by atomic mass is 32.1. The number of hydrogen-bond donors (Lipinski definition) is 1. The Morgan fingerprint density at radius 2 is 1.81 bits per heavy atom. The Morgan fingerprint density at radius 3 is 2.52 bits per heavy atom. The number of anilines is 1. The summed E-state index contributed by atoms with van der Waals surface area (Å²) in [6, 6.07) is 15.2. The van der Waals surface area contributed by atoms with E-state index in [0.717, 1.165) is 5.69 Å². The van der Waals surface area contributed by atoms with E-state index in [-0.39, 0.29) is 17.9 Å². The number of halogens is 1. The Balaban J connectivity index is 1.66. The molecule has 160 valence electrons. The van der Waals surface area contributed by atoms with Crippen molar-refractivity contribution in [1.29, 1.82) is 0 Å². The Labute approximate surface area is 188 Å². The minimum atomic E-state index is -0.275. The van der Waals surface area contributed by atoms with Gasteiger partial charge in [-0.2, -0.15) is 0 Å². The highest BCUT2D eigenvalue weighted by Gasteiger charge is 2.43. The molecule has 5 rings (SSSR count). The van der Waals surface area contributed by atoms with Crippen molar-refractivity contribution in [1.82, 2.24) is 14.9 Å². The number of pyridine rings is 1. The molecule has 1 aliphatic heterocycles. The summed E-state index contributed by atoms with van der Waals surface area (Å²) in [5, 5.41) is 3.96.